The van der Waals surface area contributed by atoms with E-state index in [0.717, 1.165) is 11.1 Å². The highest BCUT2D eigenvalue weighted by atomic mass is 32.2. The van der Waals surface area contributed by atoms with Gasteiger partial charge in [0.25, 0.3) is 0 Å². The Balaban J connectivity index is 2.17. The first-order chi connectivity index (χ1) is 9.32. The lowest BCUT2D eigenvalue weighted by molar-refractivity contribution is 0.355. The van der Waals surface area contributed by atoms with Crippen LogP contribution < -0.4 is 5.32 Å². The van der Waals surface area contributed by atoms with Gasteiger partial charge in [-0.2, -0.15) is 0 Å². The highest BCUT2D eigenvalue weighted by Crippen LogP contribution is 2.42. The molecule has 1 saturated carbocycles. The number of hydrogen-bond acceptors (Lipinski definition) is 3. The second kappa shape index (κ2) is 4.57. The fraction of sp³-hybridized carbons (Fsp3) is 0.625. The second-order valence-electron chi connectivity index (χ2n) is 6.50. The van der Waals surface area contributed by atoms with Crippen LogP contribution in [0.1, 0.15) is 49.4 Å². The molecule has 1 aliphatic carbocycles. The largest absolute Gasteiger partial charge is 0.307 e. The van der Waals surface area contributed by atoms with E-state index < -0.39 is 9.84 Å². The molecule has 0 aromatic heterocycles. The Kier molecular flexibility index (Phi) is 3.22. The van der Waals surface area contributed by atoms with Gasteiger partial charge in [0.1, 0.15) is 0 Å². The number of aryl methyl sites for hydroxylation is 2. The number of nitrogens with one attached hydrogen (secondary N) is 1. The second-order valence-corrected chi connectivity index (χ2v) is 8.78. The fourth-order valence-electron chi connectivity index (χ4n) is 3.08. The molecular weight excluding hydrogens is 270 g/mol. The maximum atomic E-state index is 12.7. The quantitative estimate of drug-likeness (QED) is 0.912. The molecule has 0 amide bonds. The summed E-state index contributed by atoms with van der Waals surface area (Å²) in [7, 11) is -3.20. The van der Waals surface area contributed by atoms with Crippen LogP contribution in [0, 0.1) is 19.8 Å². The van der Waals surface area contributed by atoms with Gasteiger partial charge < -0.3 is 5.32 Å². The number of fused-ring (bicyclic) bond motifs is 1. The van der Waals surface area contributed by atoms with Crippen molar-refractivity contribution in [1.29, 1.82) is 0 Å². The van der Waals surface area contributed by atoms with E-state index in [-0.39, 0.29) is 17.2 Å². The number of sulfone groups is 1. The molecule has 3 atom stereocenters. The Labute approximate surface area is 121 Å². The highest BCUT2D eigenvalue weighted by molar-refractivity contribution is 7.92. The van der Waals surface area contributed by atoms with Crippen LogP contribution in [0.3, 0.4) is 0 Å². The van der Waals surface area contributed by atoms with Crippen molar-refractivity contribution < 1.29 is 8.42 Å². The normalized spacial score (nSPS) is 31.9. The summed E-state index contributed by atoms with van der Waals surface area (Å²) in [6, 6.07) is 4.68. The van der Waals surface area contributed by atoms with Gasteiger partial charge in [-0.15, -0.1) is 0 Å². The van der Waals surface area contributed by atoms with Crippen LogP contribution in [0.25, 0.3) is 0 Å². The van der Waals surface area contributed by atoms with E-state index in [1.54, 1.807) is 0 Å². The lowest BCUT2D eigenvalue weighted by Crippen LogP contribution is -2.42. The van der Waals surface area contributed by atoms with E-state index in [0.29, 0.717) is 10.9 Å². The van der Waals surface area contributed by atoms with Gasteiger partial charge >= 0.3 is 0 Å². The van der Waals surface area contributed by atoms with Crippen molar-refractivity contribution in [2.45, 2.75) is 62.8 Å². The van der Waals surface area contributed by atoms with Crippen LogP contribution >= 0.6 is 0 Å². The zero-order valence-corrected chi connectivity index (χ0v) is 13.4. The third kappa shape index (κ3) is 2.09. The molecule has 3 nitrogen and oxygen atoms in total. The molecule has 0 spiro atoms. The fourth-order valence-corrected chi connectivity index (χ4v) is 5.06. The SMILES string of the molecule is Cc1cc2c(cc1C)S(=O)(=O)C(C)C(C)C2NC1CC1. The van der Waals surface area contributed by atoms with Gasteiger partial charge in [-0.05, 0) is 62.3 Å². The molecule has 1 fully saturated rings. The predicted molar refractivity (Wildman–Crippen MR) is 80.6 cm³/mol. The molecule has 3 rings (SSSR count). The van der Waals surface area contributed by atoms with Crippen molar-refractivity contribution >= 4 is 9.84 Å². The summed E-state index contributed by atoms with van der Waals surface area (Å²) in [4.78, 5) is 0.546. The average Bonchev–Trinajstić information content (AvgIpc) is 3.19. The molecule has 1 heterocycles. The Bertz CT molecular complexity index is 647. The Morgan fingerprint density at radius 3 is 2.30 bits per heavy atom. The molecule has 3 unspecified atom stereocenters. The highest BCUT2D eigenvalue weighted by Gasteiger charge is 2.43. The minimum Gasteiger partial charge on any atom is -0.307 e. The lowest BCUT2D eigenvalue weighted by Gasteiger charge is -2.37. The number of rotatable bonds is 2. The summed E-state index contributed by atoms with van der Waals surface area (Å²) in [5.74, 6) is 0.107. The number of benzene rings is 1. The van der Waals surface area contributed by atoms with E-state index in [1.807, 2.05) is 19.9 Å². The minimum atomic E-state index is -3.20. The van der Waals surface area contributed by atoms with Gasteiger partial charge in [-0.25, -0.2) is 8.42 Å². The summed E-state index contributed by atoms with van der Waals surface area (Å²) in [6.45, 7) is 7.94. The van der Waals surface area contributed by atoms with Crippen molar-refractivity contribution in [2.24, 2.45) is 5.92 Å². The molecule has 4 heteroatoms. The molecule has 20 heavy (non-hydrogen) atoms. The topological polar surface area (TPSA) is 46.2 Å². The molecule has 0 radical (unpaired) electrons. The van der Waals surface area contributed by atoms with Crippen LogP contribution in [0.5, 0.6) is 0 Å². The van der Waals surface area contributed by atoms with Gasteiger partial charge in [0.05, 0.1) is 10.1 Å². The van der Waals surface area contributed by atoms with Gasteiger partial charge in [0.2, 0.25) is 0 Å². The third-order valence-corrected chi connectivity index (χ3v) is 7.39. The van der Waals surface area contributed by atoms with E-state index in [2.05, 4.69) is 25.2 Å². The molecular formula is C16H23NO2S. The molecule has 1 aromatic rings. The van der Waals surface area contributed by atoms with Crippen molar-refractivity contribution in [3.63, 3.8) is 0 Å². The summed E-state index contributed by atoms with van der Waals surface area (Å²) in [5.41, 5.74) is 3.20. The van der Waals surface area contributed by atoms with E-state index in [1.165, 1.54) is 18.4 Å². The molecule has 0 bridgehead atoms. The zero-order valence-electron chi connectivity index (χ0n) is 12.6. The smallest absolute Gasteiger partial charge is 0.181 e. The van der Waals surface area contributed by atoms with Crippen molar-refractivity contribution in [3.05, 3.63) is 28.8 Å². The molecule has 0 saturated heterocycles. The Morgan fingerprint density at radius 2 is 1.70 bits per heavy atom. The van der Waals surface area contributed by atoms with E-state index in [9.17, 15) is 8.42 Å². The predicted octanol–water partition coefficient (Wildman–Crippen LogP) is 2.91. The average molecular weight is 293 g/mol. The summed E-state index contributed by atoms with van der Waals surface area (Å²) < 4.78 is 25.4. The molecule has 1 aliphatic heterocycles. The van der Waals surface area contributed by atoms with E-state index >= 15 is 0 Å². The van der Waals surface area contributed by atoms with E-state index in [4.69, 9.17) is 0 Å². The van der Waals surface area contributed by atoms with Gasteiger partial charge in [0.15, 0.2) is 9.84 Å². The van der Waals surface area contributed by atoms with Crippen molar-refractivity contribution in [2.75, 3.05) is 0 Å². The van der Waals surface area contributed by atoms with Crippen LogP contribution in [0.2, 0.25) is 0 Å². The number of hydrogen-bond donors (Lipinski definition) is 1. The van der Waals surface area contributed by atoms with Gasteiger partial charge in [-0.1, -0.05) is 13.0 Å². The van der Waals surface area contributed by atoms with Crippen LogP contribution in [-0.4, -0.2) is 19.7 Å². The molecule has 1 aromatic carbocycles. The first kappa shape index (κ1) is 14.1. The van der Waals surface area contributed by atoms with Gasteiger partial charge in [-0.3, -0.25) is 0 Å². The standard InChI is InChI=1S/C16H23NO2S/c1-9-7-14-15(8-10(9)2)20(18,19)12(4)11(3)16(14)17-13-5-6-13/h7-8,11-13,16-17H,5-6H2,1-4H3. The van der Waals surface area contributed by atoms with Crippen molar-refractivity contribution in [1.82, 2.24) is 5.32 Å². The minimum absolute atomic E-state index is 0.107. The maximum Gasteiger partial charge on any atom is 0.181 e. The Morgan fingerprint density at radius 1 is 1.10 bits per heavy atom. The maximum absolute atomic E-state index is 12.7. The third-order valence-electron chi connectivity index (χ3n) is 5.02. The summed E-state index contributed by atoms with van der Waals surface area (Å²) in [6.07, 6.45) is 2.43. The van der Waals surface area contributed by atoms with Crippen molar-refractivity contribution in [3.8, 4) is 0 Å². The Hall–Kier alpha value is -0.870. The summed E-state index contributed by atoms with van der Waals surface area (Å²) >= 11 is 0. The first-order valence-electron chi connectivity index (χ1n) is 7.43. The van der Waals surface area contributed by atoms with Crippen LogP contribution in [0.4, 0.5) is 0 Å². The molecule has 110 valence electrons. The van der Waals surface area contributed by atoms with Crippen LogP contribution in [-0.2, 0) is 9.84 Å². The molecule has 2 aliphatic rings. The summed E-state index contributed by atoms with van der Waals surface area (Å²) in [5, 5.41) is 3.32. The van der Waals surface area contributed by atoms with Gasteiger partial charge in [0, 0.05) is 12.1 Å². The monoisotopic (exact) mass is 293 g/mol. The van der Waals surface area contributed by atoms with Crippen LogP contribution in [0.15, 0.2) is 17.0 Å². The molecule has 1 N–H and O–H groups in total. The first-order valence-corrected chi connectivity index (χ1v) is 8.98. The lowest BCUT2D eigenvalue weighted by atomic mass is 9.89. The zero-order chi connectivity index (χ0) is 14.7.